The van der Waals surface area contributed by atoms with Crippen LogP contribution in [0, 0.1) is 0 Å². The average molecular weight is 590 g/mol. The van der Waals surface area contributed by atoms with E-state index in [4.69, 9.17) is 22.1 Å². The van der Waals surface area contributed by atoms with Gasteiger partial charge in [-0.1, -0.05) is 53.2 Å². The summed E-state index contributed by atoms with van der Waals surface area (Å²) in [4.78, 5) is 42.9. The van der Waals surface area contributed by atoms with Crippen molar-refractivity contribution in [2.24, 2.45) is 12.8 Å². The smallest absolute Gasteiger partial charge is 0.410 e. The topological polar surface area (TPSA) is 136 Å². The van der Waals surface area contributed by atoms with Gasteiger partial charge in [-0.05, 0) is 60.4 Å². The number of nitrogens with zero attached hydrogens (tertiary/aromatic N) is 5. The van der Waals surface area contributed by atoms with Crippen LogP contribution in [0.4, 0.5) is 4.79 Å². The zero-order valence-corrected chi connectivity index (χ0v) is 23.9. The second-order valence-electron chi connectivity index (χ2n) is 10.2. The second kappa shape index (κ2) is 13.0. The molecular formula is C30H32ClN7O4. The molecule has 3 N–H and O–H groups in total. The number of aromatic nitrogens is 3. The molecule has 1 aromatic heterocycles. The summed E-state index contributed by atoms with van der Waals surface area (Å²) in [6.45, 7) is 0.492. The van der Waals surface area contributed by atoms with E-state index in [-0.39, 0.29) is 32.1 Å². The largest absolute Gasteiger partial charge is 0.415 e. The Morgan fingerprint density at radius 1 is 1.05 bits per heavy atom. The van der Waals surface area contributed by atoms with E-state index in [1.54, 1.807) is 36.0 Å². The molecule has 2 heterocycles. The fraction of sp³-hybridized carbons (Fsp3) is 0.300. The zero-order valence-electron chi connectivity index (χ0n) is 23.1. The minimum atomic E-state index is -0.952. The summed E-state index contributed by atoms with van der Waals surface area (Å²) in [5.41, 5.74) is 9.81. The van der Waals surface area contributed by atoms with Crippen LogP contribution in [0.15, 0.2) is 72.8 Å². The third-order valence-electron chi connectivity index (χ3n) is 7.29. The number of rotatable bonds is 8. The van der Waals surface area contributed by atoms with Gasteiger partial charge in [0.15, 0.2) is 0 Å². The van der Waals surface area contributed by atoms with Gasteiger partial charge in [0.2, 0.25) is 11.8 Å². The molecule has 1 fully saturated rings. The maximum Gasteiger partial charge on any atom is 0.415 e. The van der Waals surface area contributed by atoms with Crippen LogP contribution >= 0.6 is 11.6 Å². The molecule has 0 saturated carbocycles. The van der Waals surface area contributed by atoms with Gasteiger partial charge in [-0.2, -0.15) is 0 Å². The first-order chi connectivity index (χ1) is 20.3. The van der Waals surface area contributed by atoms with E-state index >= 15 is 0 Å². The second-order valence-corrected chi connectivity index (χ2v) is 10.6. The van der Waals surface area contributed by atoms with E-state index in [0.29, 0.717) is 29.1 Å². The molecule has 42 heavy (non-hydrogen) atoms. The van der Waals surface area contributed by atoms with Crippen molar-refractivity contribution in [3.05, 3.63) is 88.9 Å². The summed E-state index contributed by atoms with van der Waals surface area (Å²) in [7, 11) is 1.81. The van der Waals surface area contributed by atoms with Crippen molar-refractivity contribution in [2.45, 2.75) is 31.5 Å². The first-order valence-corrected chi connectivity index (χ1v) is 14.0. The number of piperazine rings is 1. The van der Waals surface area contributed by atoms with Crippen LogP contribution in [-0.2, 0) is 29.6 Å². The van der Waals surface area contributed by atoms with Crippen molar-refractivity contribution in [1.82, 2.24) is 30.1 Å². The number of aryl methyl sites for hydroxylation is 2. The Balaban J connectivity index is 1.28. The highest BCUT2D eigenvalue weighted by atomic mass is 35.5. The predicted octanol–water partition coefficient (Wildman–Crippen LogP) is 2.91. The minimum absolute atomic E-state index is 0.0431. The summed E-state index contributed by atoms with van der Waals surface area (Å²) >= 11 is 5.93. The lowest BCUT2D eigenvalue weighted by molar-refractivity contribution is -0.144. The quantitative estimate of drug-likeness (QED) is 0.322. The molecule has 5 rings (SSSR count). The average Bonchev–Trinajstić information content (AvgIpc) is 3.39. The number of nitrogens with one attached hydrogen (secondary N) is 1. The van der Waals surface area contributed by atoms with Gasteiger partial charge in [0, 0.05) is 31.7 Å². The number of hydrogen-bond donors (Lipinski definition) is 2. The fourth-order valence-corrected chi connectivity index (χ4v) is 5.04. The van der Waals surface area contributed by atoms with E-state index in [2.05, 4.69) is 15.6 Å². The fourth-order valence-electron chi connectivity index (χ4n) is 4.91. The lowest BCUT2D eigenvalue weighted by Crippen LogP contribution is -2.64. The Bertz CT molecular complexity index is 1560. The van der Waals surface area contributed by atoms with Crippen LogP contribution < -0.4 is 15.8 Å². The Labute approximate surface area is 248 Å². The Kier molecular flexibility index (Phi) is 8.99. The SMILES string of the molecule is Cn1nnc2cc(CNC(=O)[C@@H]3CN(C(=O)Oc4ccc(Cl)cc4)CCN3C(=O)[C@H](N)CCc3ccccc3)ccc21. The van der Waals surface area contributed by atoms with Crippen LogP contribution in [0.3, 0.4) is 0 Å². The molecule has 2 atom stereocenters. The lowest BCUT2D eigenvalue weighted by atomic mass is 10.0. The van der Waals surface area contributed by atoms with Crippen LogP contribution in [0.25, 0.3) is 11.0 Å². The maximum absolute atomic E-state index is 13.5. The zero-order chi connectivity index (χ0) is 29.6. The van der Waals surface area contributed by atoms with E-state index in [1.165, 1.54) is 9.80 Å². The number of hydrogen-bond acceptors (Lipinski definition) is 7. The molecule has 1 saturated heterocycles. The Hall–Kier alpha value is -4.48. The molecule has 11 nitrogen and oxygen atoms in total. The number of carbonyl (C=O) groups excluding carboxylic acids is 3. The lowest BCUT2D eigenvalue weighted by Gasteiger charge is -2.40. The molecule has 1 aliphatic rings. The summed E-state index contributed by atoms with van der Waals surface area (Å²) in [6.07, 6.45) is 0.431. The molecule has 0 radical (unpaired) electrons. The normalized spacial score (nSPS) is 15.8. The van der Waals surface area contributed by atoms with E-state index in [9.17, 15) is 14.4 Å². The van der Waals surface area contributed by atoms with E-state index < -0.39 is 24.1 Å². The van der Waals surface area contributed by atoms with Gasteiger partial charge in [-0.3, -0.25) is 9.59 Å². The number of fused-ring (bicyclic) bond motifs is 1. The molecule has 1 aliphatic heterocycles. The highest BCUT2D eigenvalue weighted by Gasteiger charge is 2.39. The van der Waals surface area contributed by atoms with E-state index in [1.807, 2.05) is 48.5 Å². The predicted molar refractivity (Wildman–Crippen MR) is 158 cm³/mol. The van der Waals surface area contributed by atoms with Crippen molar-refractivity contribution in [2.75, 3.05) is 19.6 Å². The molecule has 12 heteroatoms. The highest BCUT2D eigenvalue weighted by molar-refractivity contribution is 6.30. The summed E-state index contributed by atoms with van der Waals surface area (Å²) in [5, 5.41) is 11.6. The van der Waals surface area contributed by atoms with Crippen LogP contribution in [0.2, 0.25) is 5.02 Å². The monoisotopic (exact) mass is 589 g/mol. The van der Waals surface area contributed by atoms with Crippen LogP contribution in [-0.4, -0.2) is 74.4 Å². The van der Waals surface area contributed by atoms with Crippen LogP contribution in [0.5, 0.6) is 5.75 Å². The third-order valence-corrected chi connectivity index (χ3v) is 7.54. The number of amides is 3. The van der Waals surface area contributed by atoms with Crippen molar-refractivity contribution in [3.8, 4) is 5.75 Å². The standard InChI is InChI=1S/C30H32ClN7O4/c1-36-26-14-8-21(17-25(26)34-35-36)18-33-28(39)27-19-37(30(41)42-23-11-9-22(31)10-12-23)15-16-38(27)29(40)24(32)13-7-20-5-3-2-4-6-20/h2-6,8-12,14,17,24,27H,7,13,15-16,18-19,32H2,1H3,(H,33,39)/t24-,27+/m1/s1. The molecular weight excluding hydrogens is 558 g/mol. The van der Waals surface area contributed by atoms with Crippen molar-refractivity contribution < 1.29 is 19.1 Å². The van der Waals surface area contributed by atoms with Gasteiger partial charge in [0.1, 0.15) is 17.3 Å². The molecule has 3 amide bonds. The van der Waals surface area contributed by atoms with Gasteiger partial charge in [0.25, 0.3) is 0 Å². The first kappa shape index (κ1) is 29.0. The molecule has 4 aromatic rings. The number of carbonyl (C=O) groups is 3. The van der Waals surface area contributed by atoms with Crippen molar-refractivity contribution >= 4 is 40.5 Å². The third kappa shape index (κ3) is 6.87. The molecule has 0 spiro atoms. The Morgan fingerprint density at radius 2 is 1.81 bits per heavy atom. The number of ether oxygens (including phenoxy) is 1. The summed E-state index contributed by atoms with van der Waals surface area (Å²) < 4.78 is 7.16. The van der Waals surface area contributed by atoms with Crippen LogP contribution in [0.1, 0.15) is 17.5 Å². The number of benzene rings is 3. The molecule has 3 aromatic carbocycles. The highest BCUT2D eigenvalue weighted by Crippen LogP contribution is 2.19. The summed E-state index contributed by atoms with van der Waals surface area (Å²) in [6, 6.07) is 20.0. The van der Waals surface area contributed by atoms with Crippen molar-refractivity contribution in [1.29, 1.82) is 0 Å². The van der Waals surface area contributed by atoms with Crippen molar-refractivity contribution in [3.63, 3.8) is 0 Å². The minimum Gasteiger partial charge on any atom is -0.410 e. The molecule has 0 bridgehead atoms. The van der Waals surface area contributed by atoms with Gasteiger partial charge >= 0.3 is 6.09 Å². The summed E-state index contributed by atoms with van der Waals surface area (Å²) in [5.74, 6) is -0.411. The first-order valence-electron chi connectivity index (χ1n) is 13.7. The van der Waals surface area contributed by atoms with E-state index in [0.717, 1.165) is 16.6 Å². The maximum atomic E-state index is 13.5. The number of nitrogens with two attached hydrogens (primary N) is 1. The molecule has 218 valence electrons. The van der Waals surface area contributed by atoms with Gasteiger partial charge in [0.05, 0.1) is 18.1 Å². The van der Waals surface area contributed by atoms with Gasteiger partial charge < -0.3 is 25.6 Å². The number of halogens is 1. The van der Waals surface area contributed by atoms with Gasteiger partial charge in [-0.25, -0.2) is 9.48 Å². The molecule has 0 aliphatic carbocycles. The van der Waals surface area contributed by atoms with Gasteiger partial charge in [-0.15, -0.1) is 5.10 Å². The molecule has 0 unspecified atom stereocenters. The Morgan fingerprint density at radius 3 is 2.57 bits per heavy atom.